The van der Waals surface area contributed by atoms with E-state index in [1.807, 2.05) is 0 Å². The molecular weight excluding hydrogens is 362 g/mol. The lowest BCUT2D eigenvalue weighted by atomic mass is 10.0. The lowest BCUT2D eigenvalue weighted by molar-refractivity contribution is -0.150. The largest absolute Gasteiger partial charge is 0.497 e. The Kier molecular flexibility index (Phi) is 5.37. The minimum Gasteiger partial charge on any atom is -0.497 e. The summed E-state index contributed by atoms with van der Waals surface area (Å²) in [7, 11) is 4.32. The van der Waals surface area contributed by atoms with E-state index in [4.69, 9.17) is 9.47 Å². The van der Waals surface area contributed by atoms with Crippen LogP contribution in [-0.2, 0) is 14.3 Å². The van der Waals surface area contributed by atoms with Crippen LogP contribution in [0.25, 0.3) is 5.70 Å². The third-order valence-electron chi connectivity index (χ3n) is 4.61. The lowest BCUT2D eigenvalue weighted by Gasteiger charge is -2.35. The predicted octanol–water partition coefficient (Wildman–Crippen LogP) is 2.39. The number of ether oxygens (including phenoxy) is 3. The van der Waals surface area contributed by atoms with E-state index in [9.17, 15) is 14.7 Å². The van der Waals surface area contributed by atoms with E-state index < -0.39 is 23.9 Å². The fourth-order valence-corrected chi connectivity index (χ4v) is 3.11. The first kappa shape index (κ1) is 19.4. The third-order valence-corrected chi connectivity index (χ3v) is 4.61. The van der Waals surface area contributed by atoms with Crippen LogP contribution in [0.1, 0.15) is 12.0 Å². The van der Waals surface area contributed by atoms with Gasteiger partial charge in [0.05, 0.1) is 27.0 Å². The van der Waals surface area contributed by atoms with Crippen molar-refractivity contribution >= 4 is 23.1 Å². The first-order chi connectivity index (χ1) is 13.4. The number of aliphatic hydroxyl groups is 1. The fourth-order valence-electron chi connectivity index (χ4n) is 3.11. The molecule has 0 amide bonds. The van der Waals surface area contributed by atoms with Crippen molar-refractivity contribution in [2.75, 3.05) is 26.2 Å². The molecule has 2 aromatic rings. The molecule has 0 spiro atoms. The van der Waals surface area contributed by atoms with Gasteiger partial charge in [-0.1, -0.05) is 0 Å². The molecule has 0 saturated heterocycles. The van der Waals surface area contributed by atoms with Gasteiger partial charge in [0.25, 0.3) is 0 Å². The lowest BCUT2D eigenvalue weighted by Crippen LogP contribution is -2.51. The van der Waals surface area contributed by atoms with Crippen molar-refractivity contribution in [1.82, 2.24) is 0 Å². The smallest absolute Gasteiger partial charge is 0.310 e. The number of rotatable bonds is 6. The van der Waals surface area contributed by atoms with E-state index in [1.54, 1.807) is 62.8 Å². The normalized spacial score (nSPS) is 18.6. The highest BCUT2D eigenvalue weighted by molar-refractivity contribution is 6.14. The number of hydrogen-bond acceptors (Lipinski definition) is 7. The van der Waals surface area contributed by atoms with Gasteiger partial charge in [-0.05, 0) is 54.1 Å². The van der Waals surface area contributed by atoms with Crippen LogP contribution < -0.4 is 14.4 Å². The van der Waals surface area contributed by atoms with Crippen molar-refractivity contribution in [3.8, 4) is 11.5 Å². The predicted molar refractivity (Wildman–Crippen MR) is 103 cm³/mol. The maximum absolute atomic E-state index is 12.7. The fraction of sp³-hybridized carbons (Fsp3) is 0.238. The summed E-state index contributed by atoms with van der Waals surface area (Å²) in [6.07, 6.45) is 0.819. The molecule has 0 bridgehead atoms. The minimum absolute atomic E-state index is 0.462. The molecule has 0 saturated carbocycles. The van der Waals surface area contributed by atoms with Gasteiger partial charge < -0.3 is 24.2 Å². The highest BCUT2D eigenvalue weighted by Crippen LogP contribution is 2.41. The van der Waals surface area contributed by atoms with Crippen molar-refractivity contribution in [3.05, 3.63) is 60.2 Å². The van der Waals surface area contributed by atoms with Gasteiger partial charge in [-0.2, -0.15) is 0 Å². The summed E-state index contributed by atoms with van der Waals surface area (Å²) < 4.78 is 15.0. The van der Waals surface area contributed by atoms with Gasteiger partial charge in [-0.15, -0.1) is 0 Å². The van der Waals surface area contributed by atoms with Crippen LogP contribution in [0.15, 0.2) is 54.6 Å². The zero-order chi connectivity index (χ0) is 20.3. The summed E-state index contributed by atoms with van der Waals surface area (Å²) in [6, 6.07) is 13.9. The van der Waals surface area contributed by atoms with Crippen LogP contribution in [0.4, 0.5) is 5.69 Å². The van der Waals surface area contributed by atoms with Crippen molar-refractivity contribution in [3.63, 3.8) is 0 Å². The Balaban J connectivity index is 2.09. The molecule has 1 N–H and O–H groups in total. The zero-order valence-electron chi connectivity index (χ0n) is 15.8. The van der Waals surface area contributed by atoms with Crippen molar-refractivity contribution < 1.29 is 28.9 Å². The summed E-state index contributed by atoms with van der Waals surface area (Å²) in [4.78, 5) is 26.1. The molecule has 7 nitrogen and oxygen atoms in total. The number of ketones is 1. The molecule has 0 unspecified atom stereocenters. The Morgan fingerprint density at radius 3 is 2.00 bits per heavy atom. The van der Waals surface area contributed by atoms with Crippen molar-refractivity contribution in [2.24, 2.45) is 0 Å². The highest BCUT2D eigenvalue weighted by atomic mass is 16.5. The van der Waals surface area contributed by atoms with Gasteiger partial charge in [-0.3, -0.25) is 9.59 Å². The summed E-state index contributed by atoms with van der Waals surface area (Å²) >= 11 is 0. The molecule has 3 rings (SSSR count). The summed E-state index contributed by atoms with van der Waals surface area (Å²) in [5, 5.41) is 11.2. The number of carbonyl (C=O) groups excluding carboxylic acids is 2. The number of esters is 1. The summed E-state index contributed by atoms with van der Waals surface area (Å²) in [6.45, 7) is 0. The molecule has 1 atom stereocenters. The van der Waals surface area contributed by atoms with E-state index in [1.165, 1.54) is 18.1 Å². The average molecular weight is 383 g/mol. The topological polar surface area (TPSA) is 85.3 Å². The van der Waals surface area contributed by atoms with E-state index in [2.05, 4.69) is 4.74 Å². The van der Waals surface area contributed by atoms with E-state index in [0.717, 1.165) is 0 Å². The molecule has 0 aromatic heterocycles. The molecule has 1 heterocycles. The number of methoxy groups -OCH3 is 3. The van der Waals surface area contributed by atoms with Crippen LogP contribution in [-0.4, -0.2) is 43.9 Å². The van der Waals surface area contributed by atoms with Crippen LogP contribution in [0.3, 0.4) is 0 Å². The first-order valence-corrected chi connectivity index (χ1v) is 8.57. The Bertz CT molecular complexity index is 903. The van der Waals surface area contributed by atoms with Crippen LogP contribution >= 0.6 is 0 Å². The van der Waals surface area contributed by atoms with Crippen LogP contribution in [0.5, 0.6) is 11.5 Å². The molecule has 28 heavy (non-hydrogen) atoms. The number of nitrogens with zero attached hydrogens (tertiary/aromatic N) is 1. The quantitative estimate of drug-likeness (QED) is 0.767. The van der Waals surface area contributed by atoms with Crippen molar-refractivity contribution in [1.29, 1.82) is 0 Å². The van der Waals surface area contributed by atoms with E-state index in [-0.39, 0.29) is 0 Å². The SMILES string of the molecule is COC(=O)C[C@@]1(O)C(=O)C=C(c2ccc(OC)cc2)N1c1ccc(OC)cc1. The maximum Gasteiger partial charge on any atom is 0.310 e. The van der Waals surface area contributed by atoms with E-state index in [0.29, 0.717) is 28.4 Å². The maximum atomic E-state index is 12.7. The Hall–Kier alpha value is -3.32. The standard InChI is InChI=1S/C21H21NO6/c1-26-16-8-4-14(5-9-16)18-12-19(23)21(25,13-20(24)28-3)22(18)15-6-10-17(27-2)11-7-15/h4-12,25H,13H2,1-3H3/t21-/m1/s1. The van der Waals surface area contributed by atoms with Gasteiger partial charge in [0.2, 0.25) is 11.5 Å². The molecule has 0 fully saturated rings. The monoisotopic (exact) mass is 383 g/mol. The molecule has 7 heteroatoms. The number of hydrogen-bond donors (Lipinski definition) is 1. The zero-order valence-corrected chi connectivity index (χ0v) is 15.8. The van der Waals surface area contributed by atoms with Gasteiger partial charge in [0, 0.05) is 11.8 Å². The highest BCUT2D eigenvalue weighted by Gasteiger charge is 2.50. The minimum atomic E-state index is -2.09. The molecule has 0 aliphatic carbocycles. The Morgan fingerprint density at radius 2 is 1.50 bits per heavy atom. The van der Waals surface area contributed by atoms with Gasteiger partial charge >= 0.3 is 5.97 Å². The molecule has 1 aliphatic rings. The van der Waals surface area contributed by atoms with Crippen LogP contribution in [0, 0.1) is 0 Å². The average Bonchev–Trinajstić information content (AvgIpc) is 2.98. The van der Waals surface area contributed by atoms with Crippen LogP contribution in [0.2, 0.25) is 0 Å². The first-order valence-electron chi connectivity index (χ1n) is 8.57. The number of carbonyl (C=O) groups is 2. The van der Waals surface area contributed by atoms with Crippen molar-refractivity contribution in [2.45, 2.75) is 12.1 Å². The van der Waals surface area contributed by atoms with Gasteiger partial charge in [0.15, 0.2) is 0 Å². The molecule has 1 aliphatic heterocycles. The Labute approximate surface area is 162 Å². The molecule has 0 radical (unpaired) electrons. The molecule has 146 valence electrons. The second-order valence-corrected chi connectivity index (χ2v) is 6.23. The van der Waals surface area contributed by atoms with E-state index >= 15 is 0 Å². The summed E-state index contributed by atoms with van der Waals surface area (Å²) in [5.41, 5.74) is -0.410. The Morgan fingerprint density at radius 1 is 0.964 bits per heavy atom. The molecule has 2 aromatic carbocycles. The second kappa shape index (κ2) is 7.74. The van der Waals surface area contributed by atoms with Gasteiger partial charge in [0.1, 0.15) is 17.9 Å². The molecular formula is C21H21NO6. The number of benzene rings is 2. The third kappa shape index (κ3) is 3.44. The summed E-state index contributed by atoms with van der Waals surface area (Å²) in [5.74, 6) is -0.00599. The van der Waals surface area contributed by atoms with Gasteiger partial charge in [-0.25, -0.2) is 0 Å². The number of anilines is 1. The second-order valence-electron chi connectivity index (χ2n) is 6.23.